The SMILES string of the molecule is CN(C)C(C)(C)CNc1ccc(S(N)(=O)=O)cc1F. The lowest BCUT2D eigenvalue weighted by Crippen LogP contribution is -2.44. The molecule has 0 aliphatic rings. The summed E-state index contributed by atoms with van der Waals surface area (Å²) < 4.78 is 35.9. The van der Waals surface area contributed by atoms with E-state index < -0.39 is 15.8 Å². The molecule has 0 aromatic heterocycles. The zero-order valence-electron chi connectivity index (χ0n) is 11.6. The van der Waals surface area contributed by atoms with Gasteiger partial charge < -0.3 is 10.2 Å². The molecule has 0 unspecified atom stereocenters. The number of primary sulfonamides is 1. The molecule has 1 aromatic rings. The molecular weight excluding hydrogens is 269 g/mol. The molecule has 0 aliphatic heterocycles. The number of benzene rings is 1. The van der Waals surface area contributed by atoms with Crippen LogP contribution in [0.5, 0.6) is 0 Å². The quantitative estimate of drug-likeness (QED) is 0.855. The lowest BCUT2D eigenvalue weighted by molar-refractivity contribution is 0.210. The van der Waals surface area contributed by atoms with Gasteiger partial charge in [0.05, 0.1) is 10.6 Å². The summed E-state index contributed by atoms with van der Waals surface area (Å²) in [6.45, 7) is 4.54. The second-order valence-corrected chi connectivity index (χ2v) is 6.81. The number of rotatable bonds is 5. The van der Waals surface area contributed by atoms with Gasteiger partial charge in [-0.15, -0.1) is 0 Å². The van der Waals surface area contributed by atoms with Crippen molar-refractivity contribution in [2.75, 3.05) is 26.0 Å². The first-order valence-corrected chi connectivity index (χ1v) is 7.32. The van der Waals surface area contributed by atoms with Crippen LogP contribution >= 0.6 is 0 Å². The molecule has 0 atom stereocenters. The second kappa shape index (κ2) is 5.44. The molecule has 0 saturated carbocycles. The van der Waals surface area contributed by atoms with Crippen LogP contribution in [0, 0.1) is 5.82 Å². The first kappa shape index (κ1) is 15.9. The summed E-state index contributed by atoms with van der Waals surface area (Å²) >= 11 is 0. The maximum atomic E-state index is 13.8. The summed E-state index contributed by atoms with van der Waals surface area (Å²) in [5.74, 6) is -0.638. The number of nitrogens with zero attached hydrogens (tertiary/aromatic N) is 1. The van der Waals surface area contributed by atoms with Crippen molar-refractivity contribution in [1.29, 1.82) is 0 Å². The van der Waals surface area contributed by atoms with Crippen LogP contribution in [0.3, 0.4) is 0 Å². The maximum Gasteiger partial charge on any atom is 0.238 e. The number of nitrogens with two attached hydrogens (primary N) is 1. The van der Waals surface area contributed by atoms with Gasteiger partial charge in [0.15, 0.2) is 0 Å². The van der Waals surface area contributed by atoms with Crippen molar-refractivity contribution in [1.82, 2.24) is 4.90 Å². The summed E-state index contributed by atoms with van der Waals surface area (Å²) in [6.07, 6.45) is 0. The van der Waals surface area contributed by atoms with Crippen LogP contribution in [0.15, 0.2) is 23.1 Å². The predicted molar refractivity (Wildman–Crippen MR) is 74.0 cm³/mol. The van der Waals surface area contributed by atoms with E-state index in [2.05, 4.69) is 5.32 Å². The molecule has 108 valence electrons. The van der Waals surface area contributed by atoms with Gasteiger partial charge in [0.25, 0.3) is 0 Å². The highest BCUT2D eigenvalue weighted by Crippen LogP contribution is 2.19. The summed E-state index contributed by atoms with van der Waals surface area (Å²) in [7, 11) is -0.00953. The minimum absolute atomic E-state index is 0.162. The van der Waals surface area contributed by atoms with E-state index in [4.69, 9.17) is 5.14 Å². The van der Waals surface area contributed by atoms with E-state index in [-0.39, 0.29) is 16.1 Å². The molecule has 0 spiro atoms. The van der Waals surface area contributed by atoms with Gasteiger partial charge in [0, 0.05) is 12.1 Å². The third kappa shape index (κ3) is 4.15. The fourth-order valence-electron chi connectivity index (χ4n) is 1.29. The van der Waals surface area contributed by atoms with Crippen LogP contribution in [0.4, 0.5) is 10.1 Å². The molecule has 1 rings (SSSR count). The molecule has 3 N–H and O–H groups in total. The average Bonchev–Trinajstić information content (AvgIpc) is 2.25. The first-order chi connectivity index (χ1) is 8.54. The van der Waals surface area contributed by atoms with E-state index >= 15 is 0 Å². The lowest BCUT2D eigenvalue weighted by atomic mass is 10.0. The van der Waals surface area contributed by atoms with Gasteiger partial charge in [0.1, 0.15) is 5.82 Å². The van der Waals surface area contributed by atoms with Gasteiger partial charge in [-0.25, -0.2) is 17.9 Å². The van der Waals surface area contributed by atoms with E-state index in [1.165, 1.54) is 12.1 Å². The average molecular weight is 289 g/mol. The van der Waals surface area contributed by atoms with Gasteiger partial charge >= 0.3 is 0 Å². The molecule has 0 radical (unpaired) electrons. The Labute approximate surface area is 113 Å². The van der Waals surface area contributed by atoms with Gasteiger partial charge in [-0.3, -0.25) is 0 Å². The molecule has 1 aromatic carbocycles. The minimum Gasteiger partial charge on any atom is -0.381 e. The van der Waals surface area contributed by atoms with Crippen molar-refractivity contribution in [2.24, 2.45) is 5.14 Å². The Bertz CT molecular complexity index is 556. The molecule has 0 saturated heterocycles. The zero-order valence-corrected chi connectivity index (χ0v) is 12.4. The normalized spacial score (nSPS) is 12.8. The number of halogens is 1. The topological polar surface area (TPSA) is 75.4 Å². The van der Waals surface area contributed by atoms with Crippen molar-refractivity contribution < 1.29 is 12.8 Å². The summed E-state index contributed by atoms with van der Waals surface area (Å²) in [5.41, 5.74) is 0.0905. The maximum absolute atomic E-state index is 13.8. The van der Waals surface area contributed by atoms with E-state index in [9.17, 15) is 12.8 Å². The highest BCUT2D eigenvalue weighted by molar-refractivity contribution is 7.89. The Morgan fingerprint density at radius 1 is 1.37 bits per heavy atom. The Balaban J connectivity index is 2.88. The van der Waals surface area contributed by atoms with Crippen LogP contribution in [-0.4, -0.2) is 39.5 Å². The highest BCUT2D eigenvalue weighted by Gasteiger charge is 2.20. The smallest absolute Gasteiger partial charge is 0.238 e. The molecule has 0 aliphatic carbocycles. The van der Waals surface area contributed by atoms with Crippen LogP contribution in [0.2, 0.25) is 0 Å². The summed E-state index contributed by atoms with van der Waals surface area (Å²) in [6, 6.07) is 3.57. The van der Waals surface area contributed by atoms with Gasteiger partial charge in [0.2, 0.25) is 10.0 Å². The van der Waals surface area contributed by atoms with Crippen molar-refractivity contribution in [3.8, 4) is 0 Å². The molecule has 0 amide bonds. The number of hydrogen-bond acceptors (Lipinski definition) is 4. The largest absolute Gasteiger partial charge is 0.381 e. The molecule has 7 heteroatoms. The van der Waals surface area contributed by atoms with Crippen molar-refractivity contribution in [3.05, 3.63) is 24.0 Å². The molecule has 19 heavy (non-hydrogen) atoms. The Kier molecular flexibility index (Phi) is 4.54. The predicted octanol–water partition coefficient (Wildman–Crippen LogP) is 1.23. The van der Waals surface area contributed by atoms with Crippen LogP contribution in [0.1, 0.15) is 13.8 Å². The van der Waals surface area contributed by atoms with Crippen molar-refractivity contribution >= 4 is 15.7 Å². The van der Waals surface area contributed by atoms with E-state index in [0.717, 1.165) is 6.07 Å². The van der Waals surface area contributed by atoms with E-state index in [0.29, 0.717) is 6.54 Å². The Morgan fingerprint density at radius 3 is 2.37 bits per heavy atom. The third-order valence-electron chi connectivity index (χ3n) is 3.19. The molecule has 5 nitrogen and oxygen atoms in total. The Hall–Kier alpha value is -1.18. The molecular formula is C12H20FN3O2S. The summed E-state index contributed by atoms with van der Waals surface area (Å²) in [5, 5.41) is 7.90. The van der Waals surface area contributed by atoms with Crippen molar-refractivity contribution in [3.63, 3.8) is 0 Å². The van der Waals surface area contributed by atoms with E-state index in [1.807, 2.05) is 32.8 Å². The number of anilines is 1. The molecule has 0 heterocycles. The number of sulfonamides is 1. The van der Waals surface area contributed by atoms with Gasteiger partial charge in [-0.2, -0.15) is 0 Å². The third-order valence-corrected chi connectivity index (χ3v) is 4.10. The molecule has 0 bridgehead atoms. The molecule has 0 fully saturated rings. The number of likely N-dealkylation sites (N-methyl/N-ethyl adjacent to an activating group) is 1. The van der Waals surface area contributed by atoms with Gasteiger partial charge in [-0.1, -0.05) is 0 Å². The van der Waals surface area contributed by atoms with Crippen LogP contribution in [0.25, 0.3) is 0 Å². The number of hydrogen-bond donors (Lipinski definition) is 2. The van der Waals surface area contributed by atoms with Crippen molar-refractivity contribution in [2.45, 2.75) is 24.3 Å². The van der Waals surface area contributed by atoms with Crippen LogP contribution in [-0.2, 0) is 10.0 Å². The lowest BCUT2D eigenvalue weighted by Gasteiger charge is -2.33. The van der Waals surface area contributed by atoms with E-state index in [1.54, 1.807) is 0 Å². The first-order valence-electron chi connectivity index (χ1n) is 5.78. The standard InChI is InChI=1S/C12H20FN3O2S/c1-12(2,16(3)4)8-15-11-6-5-9(7-10(11)13)19(14,17)18/h5-7,15H,8H2,1-4H3,(H2,14,17,18). The monoisotopic (exact) mass is 289 g/mol. The fraction of sp³-hybridized carbons (Fsp3) is 0.500. The number of nitrogens with one attached hydrogen (secondary N) is 1. The van der Waals surface area contributed by atoms with Gasteiger partial charge in [-0.05, 0) is 46.1 Å². The fourth-order valence-corrected chi connectivity index (χ4v) is 1.81. The highest BCUT2D eigenvalue weighted by atomic mass is 32.2. The van der Waals surface area contributed by atoms with Crippen LogP contribution < -0.4 is 10.5 Å². The second-order valence-electron chi connectivity index (χ2n) is 5.25. The summed E-state index contributed by atoms with van der Waals surface area (Å²) in [4.78, 5) is 1.78. The Morgan fingerprint density at radius 2 is 1.95 bits per heavy atom. The minimum atomic E-state index is -3.87. The zero-order chi connectivity index (χ0) is 14.8.